The van der Waals surface area contributed by atoms with E-state index in [-0.39, 0.29) is 24.1 Å². The van der Waals surface area contributed by atoms with Crippen molar-refractivity contribution in [2.75, 3.05) is 12.8 Å². The highest BCUT2D eigenvalue weighted by molar-refractivity contribution is 7.57. The molecule has 0 amide bonds. The number of carbonyl (C=O) groups excluding carboxylic acids is 1. The molecule has 0 aliphatic carbocycles. The number of rotatable bonds is 3. The molecule has 0 aromatic rings. The molecule has 0 aromatic heterocycles. The second-order valence-corrected chi connectivity index (χ2v) is 4.85. The number of halogens is 2. The normalized spacial score (nSPS) is 14.5. The Morgan fingerprint density at radius 1 is 1.73 bits per heavy atom. The van der Waals surface area contributed by atoms with Crippen molar-refractivity contribution in [1.29, 1.82) is 0 Å². The van der Waals surface area contributed by atoms with Crippen molar-refractivity contribution in [3.05, 3.63) is 12.2 Å². The maximum atomic E-state index is 10.6. The molecule has 11 heavy (non-hydrogen) atoms. The number of allylic oxidation sites excluding steroid dienone is 1. The van der Waals surface area contributed by atoms with Gasteiger partial charge in [-0.1, -0.05) is 6.58 Å². The number of hydrogen-bond donors (Lipinski definition) is 1. The van der Waals surface area contributed by atoms with Crippen LogP contribution in [0.25, 0.3) is 0 Å². The van der Waals surface area contributed by atoms with E-state index in [0.717, 1.165) is 6.66 Å². The number of hydrogen-bond acceptors (Lipinski definition) is 2. The summed E-state index contributed by atoms with van der Waals surface area (Å²) in [5.74, 6) is 0. The molecule has 0 heterocycles. The lowest BCUT2D eigenvalue weighted by Gasteiger charge is -2.02. The minimum atomic E-state index is -3.18. The van der Waals surface area contributed by atoms with E-state index >= 15 is 0 Å². The van der Waals surface area contributed by atoms with Gasteiger partial charge >= 0.3 is 0 Å². The first-order valence-electron chi connectivity index (χ1n) is 2.50. The lowest BCUT2D eigenvalue weighted by molar-refractivity contribution is -0.108. The van der Waals surface area contributed by atoms with Gasteiger partial charge in [0.15, 0.2) is 0 Å². The maximum absolute atomic E-state index is 10.6. The van der Waals surface area contributed by atoms with E-state index in [1.54, 1.807) is 0 Å². The van der Waals surface area contributed by atoms with Gasteiger partial charge in [0.2, 0.25) is 12.6 Å². The molecule has 0 radical (unpaired) electrons. The molecule has 0 aliphatic heterocycles. The molecule has 0 aromatic carbocycles. The summed E-state index contributed by atoms with van der Waals surface area (Å²) in [6.45, 7) is 4.38. The molecular formula is C5H9Cl2O3P. The van der Waals surface area contributed by atoms with Crippen LogP contribution >= 0.6 is 31.4 Å². The molecule has 1 N–H and O–H groups in total. The molecule has 3 nitrogen and oxygen atoms in total. The predicted molar refractivity (Wildman–Crippen MR) is 47.9 cm³/mol. The second kappa shape index (κ2) is 4.94. The van der Waals surface area contributed by atoms with Crippen LogP contribution in [0.4, 0.5) is 0 Å². The zero-order valence-electron chi connectivity index (χ0n) is 5.91. The Morgan fingerprint density at radius 3 is 2.18 bits per heavy atom. The summed E-state index contributed by atoms with van der Waals surface area (Å²) in [6, 6.07) is 0. The average Bonchev–Trinajstić information content (AvgIpc) is 1.60. The fraction of sp³-hybridized carbons (Fsp3) is 0.400. The smallest absolute Gasteiger partial charge is 0.248 e. The Bertz CT molecular complexity index is 208. The van der Waals surface area contributed by atoms with Gasteiger partial charge in [0.25, 0.3) is 0 Å². The van der Waals surface area contributed by atoms with E-state index in [0.29, 0.717) is 0 Å². The van der Waals surface area contributed by atoms with E-state index in [1.165, 1.54) is 0 Å². The minimum absolute atomic E-state index is 0. The summed E-state index contributed by atoms with van der Waals surface area (Å²) in [4.78, 5) is 19.0. The van der Waals surface area contributed by atoms with Crippen molar-refractivity contribution in [3.8, 4) is 0 Å². The van der Waals surface area contributed by atoms with Gasteiger partial charge in [0.05, 0.1) is 6.16 Å². The van der Waals surface area contributed by atoms with Crippen LogP contribution in [-0.2, 0) is 9.36 Å². The van der Waals surface area contributed by atoms with Crippen LogP contribution in [0.2, 0.25) is 0 Å². The minimum Gasteiger partial charge on any atom is -0.344 e. The average molecular weight is 219 g/mol. The SMILES string of the molecule is C=C(CP(C)(=O)O)C(=O)Cl.Cl. The van der Waals surface area contributed by atoms with Crippen LogP contribution < -0.4 is 0 Å². The van der Waals surface area contributed by atoms with Gasteiger partial charge in [-0.05, 0) is 11.6 Å². The summed E-state index contributed by atoms with van der Waals surface area (Å²) in [5.41, 5.74) is -0.0185. The Hall–Kier alpha value is 0.180. The fourth-order valence-corrected chi connectivity index (χ4v) is 1.43. The maximum Gasteiger partial charge on any atom is 0.248 e. The Balaban J connectivity index is 0. The van der Waals surface area contributed by atoms with Crippen LogP contribution in [0.1, 0.15) is 0 Å². The largest absolute Gasteiger partial charge is 0.344 e. The van der Waals surface area contributed by atoms with Crippen LogP contribution in [0.5, 0.6) is 0 Å². The molecule has 0 fully saturated rings. The summed E-state index contributed by atoms with van der Waals surface area (Å²) < 4.78 is 10.6. The quantitative estimate of drug-likeness (QED) is 0.445. The van der Waals surface area contributed by atoms with Gasteiger partial charge in [-0.2, -0.15) is 0 Å². The topological polar surface area (TPSA) is 54.4 Å². The number of carbonyl (C=O) groups is 1. The third kappa shape index (κ3) is 8.08. The van der Waals surface area contributed by atoms with E-state index in [9.17, 15) is 9.36 Å². The molecule has 0 spiro atoms. The monoisotopic (exact) mass is 218 g/mol. The molecule has 0 bridgehead atoms. The Labute approximate surface area is 76.3 Å². The molecule has 0 saturated carbocycles. The van der Waals surface area contributed by atoms with Crippen LogP contribution in [0.15, 0.2) is 12.2 Å². The van der Waals surface area contributed by atoms with Crippen LogP contribution in [-0.4, -0.2) is 23.0 Å². The standard InChI is InChI=1S/C5H8ClO3P.ClH/c1-4(5(6)7)3-10(2,8)9;/h1,3H2,2H3,(H,8,9);1H. The van der Waals surface area contributed by atoms with Crippen molar-refractivity contribution in [1.82, 2.24) is 0 Å². The van der Waals surface area contributed by atoms with Crippen molar-refractivity contribution in [3.63, 3.8) is 0 Å². The van der Waals surface area contributed by atoms with Gasteiger partial charge < -0.3 is 4.89 Å². The lowest BCUT2D eigenvalue weighted by Crippen LogP contribution is -1.97. The van der Waals surface area contributed by atoms with Gasteiger partial charge in [-0.25, -0.2) is 0 Å². The van der Waals surface area contributed by atoms with E-state index in [2.05, 4.69) is 6.58 Å². The summed E-state index contributed by atoms with van der Waals surface area (Å²) >= 11 is 4.96. The first-order valence-corrected chi connectivity index (χ1v) is 5.17. The predicted octanol–water partition coefficient (Wildman–Crippen LogP) is 1.63. The lowest BCUT2D eigenvalue weighted by atomic mass is 10.4. The third-order valence-electron chi connectivity index (χ3n) is 0.762. The van der Waals surface area contributed by atoms with Crippen molar-refractivity contribution >= 4 is 36.6 Å². The molecule has 66 valence electrons. The first-order chi connectivity index (χ1) is 4.33. The summed E-state index contributed by atoms with van der Waals surface area (Å²) in [7, 11) is -3.18. The van der Waals surface area contributed by atoms with Gasteiger partial charge in [-0.15, -0.1) is 12.4 Å². The zero-order valence-corrected chi connectivity index (χ0v) is 8.38. The van der Waals surface area contributed by atoms with Crippen LogP contribution in [0.3, 0.4) is 0 Å². The van der Waals surface area contributed by atoms with Crippen molar-refractivity contribution in [2.45, 2.75) is 0 Å². The van der Waals surface area contributed by atoms with Gasteiger partial charge in [0, 0.05) is 12.2 Å². The highest BCUT2D eigenvalue weighted by Crippen LogP contribution is 2.37. The van der Waals surface area contributed by atoms with Crippen LogP contribution in [0, 0.1) is 0 Å². The fourth-order valence-electron chi connectivity index (χ4n) is 0.416. The molecule has 0 saturated heterocycles. The van der Waals surface area contributed by atoms with Gasteiger partial charge in [0.1, 0.15) is 0 Å². The molecule has 6 heteroatoms. The Morgan fingerprint density at radius 2 is 2.09 bits per heavy atom. The van der Waals surface area contributed by atoms with E-state index in [4.69, 9.17) is 16.5 Å². The molecule has 1 unspecified atom stereocenters. The zero-order chi connectivity index (χ0) is 8.36. The van der Waals surface area contributed by atoms with E-state index < -0.39 is 12.6 Å². The molecule has 0 aliphatic rings. The summed E-state index contributed by atoms with van der Waals surface area (Å²) in [5, 5.41) is -0.754. The van der Waals surface area contributed by atoms with Gasteiger partial charge in [-0.3, -0.25) is 9.36 Å². The molecule has 1 atom stereocenters. The first kappa shape index (κ1) is 13.7. The van der Waals surface area contributed by atoms with E-state index in [1.807, 2.05) is 0 Å². The van der Waals surface area contributed by atoms with Crippen molar-refractivity contribution < 1.29 is 14.3 Å². The highest BCUT2D eigenvalue weighted by atomic mass is 35.5. The Kier molecular flexibility index (Phi) is 6.17. The van der Waals surface area contributed by atoms with Crippen molar-refractivity contribution in [2.24, 2.45) is 0 Å². The second-order valence-electron chi connectivity index (χ2n) is 2.09. The summed E-state index contributed by atoms with van der Waals surface area (Å²) in [6.07, 6.45) is -0.227. The highest BCUT2D eigenvalue weighted by Gasteiger charge is 2.14. The molecule has 0 rings (SSSR count). The third-order valence-corrected chi connectivity index (χ3v) is 2.00. The molecular weight excluding hydrogens is 210 g/mol.